The van der Waals surface area contributed by atoms with Gasteiger partial charge in [-0.2, -0.15) is 0 Å². The second kappa shape index (κ2) is 4.70. The Morgan fingerprint density at radius 1 is 1.14 bits per heavy atom. The highest BCUT2D eigenvalue weighted by molar-refractivity contribution is 7.80. The molecule has 2 nitrogen and oxygen atoms in total. The van der Waals surface area contributed by atoms with Crippen LogP contribution in [0.25, 0.3) is 0 Å². The van der Waals surface area contributed by atoms with Gasteiger partial charge >= 0.3 is 0 Å². The fourth-order valence-corrected chi connectivity index (χ4v) is 5.69. The molecule has 0 atom stereocenters. The molecule has 4 bridgehead atoms. The summed E-state index contributed by atoms with van der Waals surface area (Å²) in [6.07, 6.45) is 8.42. The lowest BCUT2D eigenvalue weighted by Gasteiger charge is -2.57. The molecule has 0 spiro atoms. The van der Waals surface area contributed by atoms with Gasteiger partial charge in [-0.3, -0.25) is 0 Å². The van der Waals surface area contributed by atoms with Crippen molar-refractivity contribution < 1.29 is 0 Å². The van der Waals surface area contributed by atoms with E-state index in [1.54, 1.807) is 0 Å². The third-order valence-corrected chi connectivity index (χ3v) is 6.10. The van der Waals surface area contributed by atoms with Gasteiger partial charge in [-0.15, -0.1) is 0 Å². The third kappa shape index (κ3) is 2.36. The van der Waals surface area contributed by atoms with E-state index in [1.807, 2.05) is 0 Å². The SMILES string of the molecule is Cc1ccc(NC23CC4CC(CC(C4)C2)C3)c(C(N)=S)c1. The van der Waals surface area contributed by atoms with E-state index in [2.05, 4.69) is 30.4 Å². The molecule has 3 heteroatoms. The molecule has 0 unspecified atom stereocenters. The second-order valence-electron chi connectivity index (χ2n) is 7.74. The van der Waals surface area contributed by atoms with Gasteiger partial charge in [-0.1, -0.05) is 23.8 Å². The maximum absolute atomic E-state index is 5.94. The van der Waals surface area contributed by atoms with Crippen LogP contribution in [0.4, 0.5) is 5.69 Å². The van der Waals surface area contributed by atoms with Crippen molar-refractivity contribution in [1.29, 1.82) is 0 Å². The lowest BCUT2D eigenvalue weighted by atomic mass is 9.53. The maximum atomic E-state index is 5.94. The van der Waals surface area contributed by atoms with Crippen LogP contribution in [-0.4, -0.2) is 10.5 Å². The fourth-order valence-electron chi connectivity index (χ4n) is 5.52. The van der Waals surface area contributed by atoms with Gasteiger partial charge in [0.05, 0.1) is 0 Å². The van der Waals surface area contributed by atoms with Crippen molar-refractivity contribution in [3.8, 4) is 0 Å². The molecule has 4 aliphatic rings. The minimum atomic E-state index is 0.309. The van der Waals surface area contributed by atoms with Crippen LogP contribution in [0.2, 0.25) is 0 Å². The van der Waals surface area contributed by atoms with Gasteiger partial charge in [0.2, 0.25) is 0 Å². The zero-order chi connectivity index (χ0) is 14.6. The Labute approximate surface area is 132 Å². The van der Waals surface area contributed by atoms with Crippen molar-refractivity contribution in [2.75, 3.05) is 5.32 Å². The quantitative estimate of drug-likeness (QED) is 0.828. The van der Waals surface area contributed by atoms with Gasteiger partial charge < -0.3 is 11.1 Å². The number of hydrogen-bond acceptors (Lipinski definition) is 2. The topological polar surface area (TPSA) is 38.0 Å². The molecule has 21 heavy (non-hydrogen) atoms. The van der Waals surface area contributed by atoms with E-state index in [0.29, 0.717) is 10.5 Å². The molecule has 0 radical (unpaired) electrons. The van der Waals surface area contributed by atoms with Crippen molar-refractivity contribution in [1.82, 2.24) is 0 Å². The number of nitrogens with one attached hydrogen (secondary N) is 1. The minimum absolute atomic E-state index is 0.309. The Morgan fingerprint density at radius 3 is 2.24 bits per heavy atom. The Kier molecular flexibility index (Phi) is 3.04. The van der Waals surface area contributed by atoms with Gasteiger partial charge in [-0.25, -0.2) is 0 Å². The number of nitrogens with two attached hydrogens (primary N) is 1. The van der Waals surface area contributed by atoms with Crippen LogP contribution in [-0.2, 0) is 0 Å². The van der Waals surface area contributed by atoms with Gasteiger partial charge in [0, 0.05) is 16.8 Å². The molecule has 1 aromatic carbocycles. The molecule has 4 saturated carbocycles. The summed E-state index contributed by atoms with van der Waals surface area (Å²) in [7, 11) is 0. The molecule has 0 saturated heterocycles. The van der Waals surface area contributed by atoms with E-state index in [4.69, 9.17) is 18.0 Å². The first kappa shape index (κ1) is 13.6. The summed E-state index contributed by atoms with van der Waals surface area (Å²) in [5.41, 5.74) is 9.63. The third-order valence-electron chi connectivity index (χ3n) is 5.88. The molecule has 4 aliphatic carbocycles. The highest BCUT2D eigenvalue weighted by Gasteiger charge is 2.51. The Balaban J connectivity index is 1.66. The van der Waals surface area contributed by atoms with Crippen LogP contribution in [0.15, 0.2) is 18.2 Å². The molecule has 112 valence electrons. The summed E-state index contributed by atoms with van der Waals surface area (Å²) in [6.45, 7) is 2.09. The van der Waals surface area contributed by atoms with Crippen LogP contribution >= 0.6 is 12.2 Å². The van der Waals surface area contributed by atoms with Gasteiger partial charge in [0.25, 0.3) is 0 Å². The standard InChI is InChI=1S/C18H24N2S/c1-11-2-3-16(15(4-11)17(19)21)20-18-8-12-5-13(9-18)7-14(6-12)10-18/h2-4,12-14,20H,5-10H2,1H3,(H2,19,21). The van der Waals surface area contributed by atoms with Crippen LogP contribution in [0.3, 0.4) is 0 Å². The maximum Gasteiger partial charge on any atom is 0.106 e. The number of aryl methyl sites for hydroxylation is 1. The molecule has 1 aromatic rings. The normalized spacial score (nSPS) is 36.7. The zero-order valence-corrected chi connectivity index (χ0v) is 13.5. The zero-order valence-electron chi connectivity index (χ0n) is 12.7. The van der Waals surface area contributed by atoms with Crippen LogP contribution in [0.1, 0.15) is 49.7 Å². The van der Waals surface area contributed by atoms with Crippen molar-refractivity contribution in [2.45, 2.75) is 51.0 Å². The summed E-state index contributed by atoms with van der Waals surface area (Å²) in [6, 6.07) is 6.44. The predicted octanol–water partition coefficient (Wildman–Crippen LogP) is 4.01. The molecule has 3 N–H and O–H groups in total. The van der Waals surface area contributed by atoms with Gasteiger partial charge in [-0.05, 0) is 75.3 Å². The number of thiocarbonyl (C=S) groups is 1. The second-order valence-corrected chi connectivity index (χ2v) is 8.18. The molecule has 4 fully saturated rings. The molecular formula is C18H24N2S. The van der Waals surface area contributed by atoms with E-state index in [9.17, 15) is 0 Å². The van der Waals surface area contributed by atoms with Crippen molar-refractivity contribution >= 4 is 22.9 Å². The van der Waals surface area contributed by atoms with Crippen LogP contribution < -0.4 is 11.1 Å². The lowest BCUT2D eigenvalue weighted by Crippen LogP contribution is -2.55. The molecule has 0 amide bonds. The first-order valence-electron chi connectivity index (χ1n) is 8.22. The highest BCUT2D eigenvalue weighted by atomic mass is 32.1. The summed E-state index contributed by atoms with van der Waals surface area (Å²) in [5.74, 6) is 2.84. The lowest BCUT2D eigenvalue weighted by molar-refractivity contribution is 0.0107. The number of anilines is 1. The van der Waals surface area contributed by atoms with Crippen molar-refractivity contribution in [2.24, 2.45) is 23.5 Å². The fraction of sp³-hybridized carbons (Fsp3) is 0.611. The average Bonchev–Trinajstić information content (AvgIpc) is 2.38. The summed E-state index contributed by atoms with van der Waals surface area (Å²) in [5, 5.41) is 3.90. The highest BCUT2D eigenvalue weighted by Crippen LogP contribution is 2.56. The summed E-state index contributed by atoms with van der Waals surface area (Å²) < 4.78 is 0. The molecule has 0 aromatic heterocycles. The number of hydrogen-bond donors (Lipinski definition) is 2. The largest absolute Gasteiger partial charge is 0.389 e. The predicted molar refractivity (Wildman–Crippen MR) is 91.6 cm³/mol. The summed E-state index contributed by atoms with van der Waals surface area (Å²) >= 11 is 5.26. The Bertz CT molecular complexity index is 558. The van der Waals surface area contributed by atoms with E-state index >= 15 is 0 Å². The average molecular weight is 300 g/mol. The molecular weight excluding hydrogens is 276 g/mol. The van der Waals surface area contributed by atoms with Crippen molar-refractivity contribution in [3.63, 3.8) is 0 Å². The van der Waals surface area contributed by atoms with Crippen LogP contribution in [0, 0.1) is 24.7 Å². The van der Waals surface area contributed by atoms with Crippen molar-refractivity contribution in [3.05, 3.63) is 29.3 Å². The number of rotatable bonds is 3. The summed E-state index contributed by atoms with van der Waals surface area (Å²) in [4.78, 5) is 0.505. The van der Waals surface area contributed by atoms with E-state index in [0.717, 1.165) is 29.0 Å². The van der Waals surface area contributed by atoms with E-state index in [1.165, 1.54) is 44.1 Å². The smallest absolute Gasteiger partial charge is 0.106 e. The van der Waals surface area contributed by atoms with Gasteiger partial charge in [0.1, 0.15) is 4.99 Å². The first-order valence-corrected chi connectivity index (χ1v) is 8.62. The monoisotopic (exact) mass is 300 g/mol. The number of benzene rings is 1. The molecule has 0 aliphatic heterocycles. The van der Waals surface area contributed by atoms with Crippen LogP contribution in [0.5, 0.6) is 0 Å². The van der Waals surface area contributed by atoms with E-state index < -0.39 is 0 Å². The Morgan fingerprint density at radius 2 is 1.71 bits per heavy atom. The van der Waals surface area contributed by atoms with Gasteiger partial charge in [0.15, 0.2) is 0 Å². The molecule has 0 heterocycles. The minimum Gasteiger partial charge on any atom is -0.389 e. The molecule has 5 rings (SSSR count). The first-order chi connectivity index (χ1) is 10.0. The van der Waals surface area contributed by atoms with E-state index in [-0.39, 0.29) is 0 Å². The Hall–Kier alpha value is -1.09.